The predicted octanol–water partition coefficient (Wildman–Crippen LogP) is 2.17. The van der Waals surface area contributed by atoms with Gasteiger partial charge in [0.1, 0.15) is 0 Å². The number of likely N-dealkylation sites (tertiary alicyclic amines) is 1. The van der Waals surface area contributed by atoms with Crippen molar-refractivity contribution in [3.05, 3.63) is 35.4 Å². The summed E-state index contributed by atoms with van der Waals surface area (Å²) in [4.78, 5) is 2.33. The number of benzene rings is 1. The highest BCUT2D eigenvalue weighted by Gasteiger charge is 2.24. The van der Waals surface area contributed by atoms with Gasteiger partial charge in [-0.3, -0.25) is 4.90 Å². The lowest BCUT2D eigenvalue weighted by Gasteiger charge is -2.25. The molecule has 1 aliphatic rings. The van der Waals surface area contributed by atoms with Crippen LogP contribution in [0.25, 0.3) is 0 Å². The summed E-state index contributed by atoms with van der Waals surface area (Å²) in [5, 5.41) is 3.36. The molecular formula is C15H22F2N2O. The van der Waals surface area contributed by atoms with E-state index < -0.39 is 11.6 Å². The third kappa shape index (κ3) is 4.23. The van der Waals surface area contributed by atoms with Gasteiger partial charge in [0, 0.05) is 32.8 Å². The first-order chi connectivity index (χ1) is 9.70. The van der Waals surface area contributed by atoms with Gasteiger partial charge in [-0.05, 0) is 37.1 Å². The summed E-state index contributed by atoms with van der Waals surface area (Å²) < 4.78 is 31.1. The zero-order chi connectivity index (χ0) is 14.4. The zero-order valence-electron chi connectivity index (χ0n) is 11.9. The van der Waals surface area contributed by atoms with Crippen molar-refractivity contribution in [2.24, 2.45) is 0 Å². The largest absolute Gasteiger partial charge is 0.383 e. The van der Waals surface area contributed by atoms with Crippen molar-refractivity contribution in [3.63, 3.8) is 0 Å². The van der Waals surface area contributed by atoms with E-state index in [2.05, 4.69) is 10.2 Å². The quantitative estimate of drug-likeness (QED) is 0.777. The van der Waals surface area contributed by atoms with E-state index in [1.807, 2.05) is 0 Å². The highest BCUT2D eigenvalue weighted by Crippen LogP contribution is 2.20. The summed E-state index contributed by atoms with van der Waals surface area (Å²) in [5.41, 5.74) is 0.827. The average Bonchev–Trinajstić information content (AvgIpc) is 2.86. The molecule has 0 amide bonds. The van der Waals surface area contributed by atoms with Crippen LogP contribution >= 0.6 is 0 Å². The van der Waals surface area contributed by atoms with E-state index in [1.54, 1.807) is 13.2 Å². The first kappa shape index (κ1) is 15.4. The number of halogens is 2. The molecule has 112 valence electrons. The second-order valence-corrected chi connectivity index (χ2v) is 5.21. The van der Waals surface area contributed by atoms with Crippen LogP contribution in [0.4, 0.5) is 8.78 Å². The Bertz CT molecular complexity index is 428. The maximum atomic E-state index is 13.2. The molecule has 0 bridgehead atoms. The number of nitrogens with zero attached hydrogens (tertiary/aromatic N) is 1. The lowest BCUT2D eigenvalue weighted by molar-refractivity contribution is 0.191. The highest BCUT2D eigenvalue weighted by molar-refractivity contribution is 5.18. The molecule has 1 atom stereocenters. The summed E-state index contributed by atoms with van der Waals surface area (Å²) in [6, 6.07) is 4.61. The van der Waals surface area contributed by atoms with E-state index in [0.717, 1.165) is 38.0 Å². The lowest BCUT2D eigenvalue weighted by Crippen LogP contribution is -2.38. The third-order valence-corrected chi connectivity index (χ3v) is 3.73. The van der Waals surface area contributed by atoms with Crippen LogP contribution in [0.1, 0.15) is 18.4 Å². The summed E-state index contributed by atoms with van der Waals surface area (Å²) in [7, 11) is 1.69. The second kappa shape index (κ2) is 7.67. The van der Waals surface area contributed by atoms with Crippen LogP contribution in [0.15, 0.2) is 18.2 Å². The minimum Gasteiger partial charge on any atom is -0.383 e. The van der Waals surface area contributed by atoms with E-state index in [0.29, 0.717) is 19.2 Å². The van der Waals surface area contributed by atoms with E-state index in [9.17, 15) is 8.78 Å². The van der Waals surface area contributed by atoms with Crippen molar-refractivity contribution in [2.45, 2.75) is 25.4 Å². The molecule has 3 nitrogen and oxygen atoms in total. The summed E-state index contributed by atoms with van der Waals surface area (Å²) in [5.74, 6) is -1.55. The van der Waals surface area contributed by atoms with Gasteiger partial charge in [-0.2, -0.15) is 0 Å². The Morgan fingerprint density at radius 2 is 2.20 bits per heavy atom. The molecule has 5 heteroatoms. The van der Waals surface area contributed by atoms with E-state index in [4.69, 9.17) is 4.74 Å². The number of hydrogen-bond acceptors (Lipinski definition) is 3. The van der Waals surface area contributed by atoms with Crippen molar-refractivity contribution in [1.82, 2.24) is 10.2 Å². The van der Waals surface area contributed by atoms with Crippen LogP contribution in [-0.2, 0) is 11.3 Å². The van der Waals surface area contributed by atoms with Gasteiger partial charge < -0.3 is 10.1 Å². The maximum Gasteiger partial charge on any atom is 0.159 e. The van der Waals surface area contributed by atoms with Gasteiger partial charge in [0.25, 0.3) is 0 Å². The second-order valence-electron chi connectivity index (χ2n) is 5.21. The van der Waals surface area contributed by atoms with Crippen LogP contribution in [0.2, 0.25) is 0 Å². The van der Waals surface area contributed by atoms with Crippen LogP contribution < -0.4 is 5.32 Å². The molecule has 20 heavy (non-hydrogen) atoms. The van der Waals surface area contributed by atoms with Crippen molar-refractivity contribution in [3.8, 4) is 0 Å². The van der Waals surface area contributed by atoms with Crippen molar-refractivity contribution in [1.29, 1.82) is 0 Å². The lowest BCUT2D eigenvalue weighted by atomic mass is 10.1. The molecule has 0 aliphatic carbocycles. The highest BCUT2D eigenvalue weighted by atomic mass is 19.2. The fourth-order valence-electron chi connectivity index (χ4n) is 2.65. The molecule has 0 radical (unpaired) electrons. The Kier molecular flexibility index (Phi) is 5.88. The molecule has 1 heterocycles. The number of ether oxygens (including phenoxy) is 1. The minimum absolute atomic E-state index is 0.458. The Labute approximate surface area is 118 Å². The minimum atomic E-state index is -0.784. The van der Waals surface area contributed by atoms with Crippen molar-refractivity contribution >= 4 is 0 Å². The van der Waals surface area contributed by atoms with Crippen LogP contribution in [-0.4, -0.2) is 44.3 Å². The number of methoxy groups -OCH3 is 1. The van der Waals surface area contributed by atoms with Gasteiger partial charge in [0.2, 0.25) is 0 Å². The monoisotopic (exact) mass is 284 g/mol. The summed E-state index contributed by atoms with van der Waals surface area (Å²) >= 11 is 0. The standard InChI is InChI=1S/C15H22F2N2O/c1-20-8-6-18-10-13-3-2-7-19(13)11-12-4-5-14(16)15(17)9-12/h4-5,9,13,18H,2-3,6-8,10-11H2,1H3. The molecular weight excluding hydrogens is 262 g/mol. The van der Waals surface area contributed by atoms with Gasteiger partial charge in [-0.1, -0.05) is 6.07 Å². The van der Waals surface area contributed by atoms with Crippen molar-refractivity contribution < 1.29 is 13.5 Å². The first-order valence-electron chi connectivity index (χ1n) is 7.08. The normalized spacial score (nSPS) is 19.6. The molecule has 0 saturated carbocycles. The first-order valence-corrected chi connectivity index (χ1v) is 7.08. The third-order valence-electron chi connectivity index (χ3n) is 3.73. The van der Waals surface area contributed by atoms with E-state index in [1.165, 1.54) is 12.1 Å². The number of nitrogens with one attached hydrogen (secondary N) is 1. The summed E-state index contributed by atoms with van der Waals surface area (Å²) in [6.45, 7) is 4.14. The fraction of sp³-hybridized carbons (Fsp3) is 0.600. The molecule has 0 aromatic heterocycles. The molecule has 1 aliphatic heterocycles. The number of hydrogen-bond donors (Lipinski definition) is 1. The molecule has 2 rings (SSSR count). The van der Waals surface area contributed by atoms with Gasteiger partial charge in [0.05, 0.1) is 6.61 Å². The van der Waals surface area contributed by atoms with E-state index in [-0.39, 0.29) is 0 Å². The Morgan fingerprint density at radius 1 is 1.35 bits per heavy atom. The van der Waals surface area contributed by atoms with Crippen LogP contribution in [0.5, 0.6) is 0 Å². The van der Waals surface area contributed by atoms with Gasteiger partial charge in [0.15, 0.2) is 11.6 Å². The molecule has 1 N–H and O–H groups in total. The van der Waals surface area contributed by atoms with Crippen LogP contribution in [0, 0.1) is 11.6 Å². The fourth-order valence-corrected chi connectivity index (χ4v) is 2.65. The van der Waals surface area contributed by atoms with Crippen molar-refractivity contribution in [2.75, 3.05) is 33.4 Å². The molecule has 1 fully saturated rings. The number of rotatable bonds is 7. The SMILES string of the molecule is COCCNCC1CCCN1Cc1ccc(F)c(F)c1. The van der Waals surface area contributed by atoms with E-state index >= 15 is 0 Å². The molecule has 1 aromatic rings. The Balaban J connectivity index is 1.85. The smallest absolute Gasteiger partial charge is 0.159 e. The van der Waals surface area contributed by atoms with Crippen LogP contribution in [0.3, 0.4) is 0 Å². The Hall–Kier alpha value is -1.04. The molecule has 1 saturated heterocycles. The topological polar surface area (TPSA) is 24.5 Å². The molecule has 1 unspecified atom stereocenters. The zero-order valence-corrected chi connectivity index (χ0v) is 11.9. The molecule has 0 spiro atoms. The maximum absolute atomic E-state index is 13.2. The predicted molar refractivity (Wildman–Crippen MR) is 74.5 cm³/mol. The average molecular weight is 284 g/mol. The van der Waals surface area contributed by atoms with Gasteiger partial charge >= 0.3 is 0 Å². The van der Waals surface area contributed by atoms with Gasteiger partial charge in [-0.25, -0.2) is 8.78 Å². The van der Waals surface area contributed by atoms with Gasteiger partial charge in [-0.15, -0.1) is 0 Å². The molecule has 1 aromatic carbocycles. The Morgan fingerprint density at radius 3 is 2.95 bits per heavy atom. The summed E-state index contributed by atoms with van der Waals surface area (Å²) in [6.07, 6.45) is 2.30.